The van der Waals surface area contributed by atoms with Crippen LogP contribution in [0.5, 0.6) is 0 Å². The molecular formula is C14H22BrN5. The van der Waals surface area contributed by atoms with Crippen molar-refractivity contribution in [1.29, 1.82) is 0 Å². The van der Waals surface area contributed by atoms with Crippen LogP contribution in [0.25, 0.3) is 0 Å². The maximum atomic E-state index is 4.59. The number of halogens is 1. The summed E-state index contributed by atoms with van der Waals surface area (Å²) in [5.41, 5.74) is 3.30. The Morgan fingerprint density at radius 2 is 2.10 bits per heavy atom. The van der Waals surface area contributed by atoms with Gasteiger partial charge in [-0.25, -0.2) is 0 Å². The monoisotopic (exact) mass is 339 g/mol. The maximum Gasteiger partial charge on any atom is 0.0839 e. The van der Waals surface area contributed by atoms with E-state index in [-0.39, 0.29) is 0 Å². The Morgan fingerprint density at radius 1 is 1.35 bits per heavy atom. The van der Waals surface area contributed by atoms with Crippen LogP contribution in [0, 0.1) is 0 Å². The molecule has 20 heavy (non-hydrogen) atoms. The number of aromatic nitrogens is 4. The molecule has 0 aromatic carbocycles. The summed E-state index contributed by atoms with van der Waals surface area (Å²) in [6.45, 7) is 7.91. The highest BCUT2D eigenvalue weighted by Crippen LogP contribution is 2.22. The number of nitrogens with one attached hydrogen (secondary N) is 1. The summed E-state index contributed by atoms with van der Waals surface area (Å²) in [5, 5.41) is 12.5. The summed E-state index contributed by atoms with van der Waals surface area (Å²) in [7, 11) is 1.98. The average molecular weight is 340 g/mol. The van der Waals surface area contributed by atoms with E-state index in [9.17, 15) is 0 Å². The SMILES string of the molecule is CCc1nn(C)c(Cn2ccc(CNC(C)C)n2)c1Br. The molecule has 5 nitrogen and oxygen atoms in total. The number of rotatable bonds is 6. The van der Waals surface area contributed by atoms with Crippen LogP contribution in [0.1, 0.15) is 37.9 Å². The van der Waals surface area contributed by atoms with Gasteiger partial charge in [-0.05, 0) is 28.4 Å². The van der Waals surface area contributed by atoms with E-state index in [1.54, 1.807) is 0 Å². The number of nitrogens with zero attached hydrogens (tertiary/aromatic N) is 4. The first kappa shape index (κ1) is 15.3. The van der Waals surface area contributed by atoms with Gasteiger partial charge in [0.2, 0.25) is 0 Å². The van der Waals surface area contributed by atoms with Gasteiger partial charge in [0.15, 0.2) is 0 Å². The maximum absolute atomic E-state index is 4.59. The van der Waals surface area contributed by atoms with E-state index >= 15 is 0 Å². The zero-order valence-corrected chi connectivity index (χ0v) is 14.1. The minimum Gasteiger partial charge on any atom is -0.309 e. The van der Waals surface area contributed by atoms with Gasteiger partial charge in [-0.1, -0.05) is 20.8 Å². The fourth-order valence-corrected chi connectivity index (χ4v) is 2.78. The quantitative estimate of drug-likeness (QED) is 0.879. The Hall–Kier alpha value is -1.14. The van der Waals surface area contributed by atoms with Crippen molar-refractivity contribution in [2.75, 3.05) is 0 Å². The predicted molar refractivity (Wildman–Crippen MR) is 83.6 cm³/mol. The number of hydrogen-bond acceptors (Lipinski definition) is 3. The molecule has 2 heterocycles. The topological polar surface area (TPSA) is 47.7 Å². The van der Waals surface area contributed by atoms with Crippen LogP contribution in [-0.4, -0.2) is 25.6 Å². The van der Waals surface area contributed by atoms with Crippen molar-refractivity contribution in [3.8, 4) is 0 Å². The molecule has 110 valence electrons. The highest BCUT2D eigenvalue weighted by atomic mass is 79.9. The average Bonchev–Trinajstić information content (AvgIpc) is 2.96. The largest absolute Gasteiger partial charge is 0.309 e. The van der Waals surface area contributed by atoms with Gasteiger partial charge < -0.3 is 5.32 Å². The van der Waals surface area contributed by atoms with Crippen LogP contribution < -0.4 is 5.32 Å². The van der Waals surface area contributed by atoms with E-state index in [0.717, 1.165) is 41.1 Å². The van der Waals surface area contributed by atoms with Crippen molar-refractivity contribution < 1.29 is 0 Å². The number of aryl methyl sites for hydroxylation is 2. The van der Waals surface area contributed by atoms with E-state index in [0.29, 0.717) is 6.04 Å². The van der Waals surface area contributed by atoms with Crippen LogP contribution in [-0.2, 0) is 26.6 Å². The molecule has 0 saturated carbocycles. The molecule has 0 aliphatic rings. The third kappa shape index (κ3) is 3.49. The van der Waals surface area contributed by atoms with Crippen LogP contribution in [0.2, 0.25) is 0 Å². The van der Waals surface area contributed by atoms with Gasteiger partial charge in [0, 0.05) is 25.8 Å². The first-order valence-electron chi connectivity index (χ1n) is 6.97. The van der Waals surface area contributed by atoms with Gasteiger partial charge >= 0.3 is 0 Å². The Bertz CT molecular complexity index is 570. The lowest BCUT2D eigenvalue weighted by atomic mass is 10.3. The Morgan fingerprint density at radius 3 is 2.70 bits per heavy atom. The van der Waals surface area contributed by atoms with Crippen molar-refractivity contribution in [3.63, 3.8) is 0 Å². The Kier molecular flexibility index (Phi) is 4.99. The zero-order valence-electron chi connectivity index (χ0n) is 12.5. The van der Waals surface area contributed by atoms with Gasteiger partial charge in [-0.15, -0.1) is 0 Å². The molecule has 6 heteroatoms. The minimum atomic E-state index is 0.471. The molecule has 0 atom stereocenters. The second-order valence-electron chi connectivity index (χ2n) is 5.22. The van der Waals surface area contributed by atoms with Gasteiger partial charge in [0.25, 0.3) is 0 Å². The van der Waals surface area contributed by atoms with Gasteiger partial charge in [0.05, 0.1) is 28.1 Å². The third-order valence-electron chi connectivity index (χ3n) is 3.20. The van der Waals surface area contributed by atoms with Crippen LogP contribution in [0.3, 0.4) is 0 Å². The highest BCUT2D eigenvalue weighted by molar-refractivity contribution is 9.10. The smallest absolute Gasteiger partial charge is 0.0839 e. The van der Waals surface area contributed by atoms with E-state index in [1.807, 2.05) is 22.6 Å². The molecule has 0 radical (unpaired) electrons. The van der Waals surface area contributed by atoms with E-state index in [1.165, 1.54) is 0 Å². The molecule has 2 aromatic heterocycles. The van der Waals surface area contributed by atoms with Gasteiger partial charge in [-0.2, -0.15) is 10.2 Å². The summed E-state index contributed by atoms with van der Waals surface area (Å²) < 4.78 is 4.98. The van der Waals surface area contributed by atoms with Crippen molar-refractivity contribution in [2.45, 2.75) is 46.3 Å². The van der Waals surface area contributed by atoms with Crippen molar-refractivity contribution in [3.05, 3.63) is 33.8 Å². The lowest BCUT2D eigenvalue weighted by Crippen LogP contribution is -2.22. The standard InChI is InChI=1S/C14H22BrN5/c1-5-12-14(15)13(19(4)18-12)9-20-7-6-11(17-20)8-16-10(2)3/h6-7,10,16H,5,8-9H2,1-4H3. The summed E-state index contributed by atoms with van der Waals surface area (Å²) in [6.07, 6.45) is 2.94. The predicted octanol–water partition coefficient (Wildman–Crippen LogP) is 2.49. The first-order valence-corrected chi connectivity index (χ1v) is 7.76. The van der Waals surface area contributed by atoms with Crippen molar-refractivity contribution >= 4 is 15.9 Å². The summed E-state index contributed by atoms with van der Waals surface area (Å²) in [5.74, 6) is 0. The van der Waals surface area contributed by atoms with E-state index < -0.39 is 0 Å². The molecule has 0 fully saturated rings. The van der Waals surface area contributed by atoms with Crippen LogP contribution in [0.4, 0.5) is 0 Å². The first-order chi connectivity index (χ1) is 9.51. The molecule has 2 aromatic rings. The third-order valence-corrected chi connectivity index (χ3v) is 4.12. The molecule has 0 amide bonds. The van der Waals surface area contributed by atoms with Crippen LogP contribution >= 0.6 is 15.9 Å². The molecule has 0 saturated heterocycles. The van der Waals surface area contributed by atoms with Crippen molar-refractivity contribution in [2.24, 2.45) is 7.05 Å². The Balaban J connectivity index is 2.09. The molecule has 0 aliphatic carbocycles. The highest BCUT2D eigenvalue weighted by Gasteiger charge is 2.13. The molecule has 0 spiro atoms. The lowest BCUT2D eigenvalue weighted by Gasteiger charge is -2.06. The lowest BCUT2D eigenvalue weighted by molar-refractivity contribution is 0.563. The normalized spacial score (nSPS) is 11.5. The van der Waals surface area contributed by atoms with Crippen LogP contribution in [0.15, 0.2) is 16.7 Å². The number of hydrogen-bond donors (Lipinski definition) is 1. The molecule has 2 rings (SSSR count). The van der Waals surface area contributed by atoms with Gasteiger partial charge in [-0.3, -0.25) is 9.36 Å². The fraction of sp³-hybridized carbons (Fsp3) is 0.571. The van der Waals surface area contributed by atoms with Crippen molar-refractivity contribution in [1.82, 2.24) is 24.9 Å². The van der Waals surface area contributed by atoms with Gasteiger partial charge in [0.1, 0.15) is 0 Å². The summed E-state index contributed by atoms with van der Waals surface area (Å²) >= 11 is 3.64. The molecular weight excluding hydrogens is 318 g/mol. The molecule has 1 N–H and O–H groups in total. The second kappa shape index (κ2) is 6.54. The molecule has 0 bridgehead atoms. The van der Waals surface area contributed by atoms with E-state index in [4.69, 9.17) is 0 Å². The summed E-state index contributed by atoms with van der Waals surface area (Å²) in [6, 6.07) is 2.53. The zero-order chi connectivity index (χ0) is 14.7. The van der Waals surface area contributed by atoms with E-state index in [2.05, 4.69) is 58.3 Å². The summed E-state index contributed by atoms with van der Waals surface area (Å²) in [4.78, 5) is 0. The molecule has 0 unspecified atom stereocenters. The Labute approximate surface area is 128 Å². The minimum absolute atomic E-state index is 0.471. The second-order valence-corrected chi connectivity index (χ2v) is 6.02. The molecule has 0 aliphatic heterocycles. The fourth-order valence-electron chi connectivity index (χ4n) is 2.04.